The Hall–Kier alpha value is -3.61. The molecule has 6 rings (SSSR count). The monoisotopic (exact) mass is 510 g/mol. The Morgan fingerprint density at radius 3 is 2.37 bits per heavy atom. The van der Waals surface area contributed by atoms with E-state index < -0.39 is 0 Å². The second kappa shape index (κ2) is 11.4. The summed E-state index contributed by atoms with van der Waals surface area (Å²) in [6, 6.07) is 17.6. The van der Waals surface area contributed by atoms with Crippen LogP contribution < -0.4 is 15.4 Å². The van der Waals surface area contributed by atoms with Crippen LogP contribution in [0.5, 0.6) is 5.75 Å². The van der Waals surface area contributed by atoms with Gasteiger partial charge in [0.05, 0.1) is 23.4 Å². The fourth-order valence-electron chi connectivity index (χ4n) is 5.78. The molecule has 1 aromatic carbocycles. The predicted molar refractivity (Wildman–Crippen MR) is 154 cm³/mol. The smallest absolute Gasteiger partial charge is 0.223 e. The molecule has 0 radical (unpaired) electrons. The van der Waals surface area contributed by atoms with Crippen molar-refractivity contribution in [1.82, 2.24) is 19.6 Å². The summed E-state index contributed by atoms with van der Waals surface area (Å²) in [7, 11) is 0. The molecular formula is C31H38N6O. The first-order chi connectivity index (χ1) is 18.8. The van der Waals surface area contributed by atoms with Crippen molar-refractivity contribution < 1.29 is 4.74 Å². The molecule has 198 valence electrons. The van der Waals surface area contributed by atoms with Crippen molar-refractivity contribution >= 4 is 17.3 Å². The summed E-state index contributed by atoms with van der Waals surface area (Å²) in [4.78, 5) is 9.54. The van der Waals surface area contributed by atoms with Crippen LogP contribution >= 0.6 is 0 Å². The molecule has 0 saturated heterocycles. The minimum atomic E-state index is 0.455. The summed E-state index contributed by atoms with van der Waals surface area (Å²) >= 11 is 0. The van der Waals surface area contributed by atoms with E-state index in [-0.39, 0.29) is 0 Å². The molecule has 2 saturated carbocycles. The topological polar surface area (TPSA) is 76.4 Å². The second-order valence-electron chi connectivity index (χ2n) is 10.7. The molecule has 3 heterocycles. The molecule has 0 amide bonds. The van der Waals surface area contributed by atoms with Crippen molar-refractivity contribution in [2.24, 2.45) is 0 Å². The van der Waals surface area contributed by atoms with E-state index >= 15 is 0 Å². The molecule has 7 heteroatoms. The van der Waals surface area contributed by atoms with Crippen LogP contribution in [0.1, 0.15) is 71.1 Å². The SMILES string of the molecule is CCCCOc1ccc(-c2nn3c(NC4CCCC4)cccc3c2-c2ccnc(NC3CCCC3)n2)cc1. The van der Waals surface area contributed by atoms with Crippen LogP contribution in [-0.4, -0.2) is 38.3 Å². The number of nitrogens with zero attached hydrogens (tertiary/aromatic N) is 4. The summed E-state index contributed by atoms with van der Waals surface area (Å²) < 4.78 is 7.98. The van der Waals surface area contributed by atoms with E-state index in [4.69, 9.17) is 14.8 Å². The highest BCUT2D eigenvalue weighted by atomic mass is 16.5. The third-order valence-electron chi connectivity index (χ3n) is 7.86. The maximum Gasteiger partial charge on any atom is 0.223 e. The van der Waals surface area contributed by atoms with Crippen LogP contribution in [0, 0.1) is 0 Å². The predicted octanol–water partition coefficient (Wildman–Crippen LogP) is 7.35. The van der Waals surface area contributed by atoms with Gasteiger partial charge in [-0.25, -0.2) is 14.5 Å². The van der Waals surface area contributed by atoms with Gasteiger partial charge < -0.3 is 15.4 Å². The van der Waals surface area contributed by atoms with Gasteiger partial charge in [0.25, 0.3) is 0 Å². The minimum absolute atomic E-state index is 0.455. The Morgan fingerprint density at radius 1 is 0.895 bits per heavy atom. The first-order valence-electron chi connectivity index (χ1n) is 14.4. The van der Waals surface area contributed by atoms with Crippen molar-refractivity contribution in [3.8, 4) is 28.3 Å². The van der Waals surface area contributed by atoms with Gasteiger partial charge in [0.15, 0.2) is 0 Å². The second-order valence-corrected chi connectivity index (χ2v) is 10.7. The van der Waals surface area contributed by atoms with Gasteiger partial charge in [-0.15, -0.1) is 0 Å². The highest BCUT2D eigenvalue weighted by Crippen LogP contribution is 2.37. The van der Waals surface area contributed by atoms with Gasteiger partial charge in [-0.2, -0.15) is 5.10 Å². The zero-order chi connectivity index (χ0) is 25.7. The van der Waals surface area contributed by atoms with Gasteiger partial charge >= 0.3 is 0 Å². The first kappa shape index (κ1) is 24.7. The van der Waals surface area contributed by atoms with Gasteiger partial charge in [-0.05, 0) is 74.6 Å². The summed E-state index contributed by atoms with van der Waals surface area (Å²) in [5.41, 5.74) is 4.90. The zero-order valence-electron chi connectivity index (χ0n) is 22.3. The van der Waals surface area contributed by atoms with E-state index in [9.17, 15) is 0 Å². The molecule has 4 aromatic rings. The van der Waals surface area contributed by atoms with Crippen molar-refractivity contribution in [2.45, 2.75) is 83.2 Å². The fraction of sp³-hybridized carbons (Fsp3) is 0.452. The molecular weight excluding hydrogens is 472 g/mol. The number of hydrogen-bond acceptors (Lipinski definition) is 6. The molecule has 2 aliphatic carbocycles. The number of fused-ring (bicyclic) bond motifs is 1. The highest BCUT2D eigenvalue weighted by molar-refractivity contribution is 5.91. The molecule has 2 N–H and O–H groups in total. The molecule has 7 nitrogen and oxygen atoms in total. The zero-order valence-corrected chi connectivity index (χ0v) is 22.3. The van der Waals surface area contributed by atoms with E-state index in [1.165, 1.54) is 51.4 Å². The maximum absolute atomic E-state index is 5.92. The van der Waals surface area contributed by atoms with Gasteiger partial charge in [0.2, 0.25) is 5.95 Å². The number of anilines is 2. The molecule has 38 heavy (non-hydrogen) atoms. The van der Waals surface area contributed by atoms with Gasteiger partial charge in [0.1, 0.15) is 17.3 Å². The third-order valence-corrected chi connectivity index (χ3v) is 7.86. The van der Waals surface area contributed by atoms with Crippen molar-refractivity contribution in [2.75, 3.05) is 17.2 Å². The van der Waals surface area contributed by atoms with Gasteiger partial charge in [-0.3, -0.25) is 0 Å². The fourth-order valence-corrected chi connectivity index (χ4v) is 5.78. The third kappa shape index (κ3) is 5.33. The van der Waals surface area contributed by atoms with Gasteiger partial charge in [0, 0.05) is 23.8 Å². The van der Waals surface area contributed by atoms with E-state index in [1.54, 1.807) is 0 Å². The Kier molecular flexibility index (Phi) is 7.42. The molecule has 0 spiro atoms. The largest absolute Gasteiger partial charge is 0.494 e. The Balaban J connectivity index is 1.41. The van der Waals surface area contributed by atoms with E-state index in [1.807, 2.05) is 24.4 Å². The number of hydrogen-bond donors (Lipinski definition) is 2. The van der Waals surface area contributed by atoms with Crippen LogP contribution in [0.25, 0.3) is 28.0 Å². The average Bonchev–Trinajstić information content (AvgIpc) is 3.72. The number of pyridine rings is 1. The van der Waals surface area contributed by atoms with Gasteiger partial charge in [-0.1, -0.05) is 45.1 Å². The highest BCUT2D eigenvalue weighted by Gasteiger charge is 2.22. The molecule has 3 aromatic heterocycles. The molecule has 0 atom stereocenters. The quantitative estimate of drug-likeness (QED) is 0.217. The number of nitrogens with one attached hydrogen (secondary N) is 2. The molecule has 0 unspecified atom stereocenters. The summed E-state index contributed by atoms with van der Waals surface area (Å²) in [5, 5.41) is 12.5. The standard InChI is InChI=1S/C31H38N6O/c1-2-3-21-38-25-17-15-22(16-18-25)30-29(26-19-20-32-31(35-26)34-24-11-6-7-12-24)27-13-8-14-28(37(27)36-30)33-23-9-4-5-10-23/h8,13-20,23-24,33H,2-7,9-12,21H2,1H3,(H,32,34,35). The Bertz CT molecular complexity index is 1350. The van der Waals surface area contributed by atoms with Crippen LogP contribution in [0.15, 0.2) is 54.7 Å². The lowest BCUT2D eigenvalue weighted by Gasteiger charge is -2.14. The van der Waals surface area contributed by atoms with E-state index in [0.717, 1.165) is 59.0 Å². The average molecular weight is 511 g/mol. The van der Waals surface area contributed by atoms with E-state index in [2.05, 4.69) is 57.4 Å². The van der Waals surface area contributed by atoms with Crippen molar-refractivity contribution in [3.05, 3.63) is 54.7 Å². The number of ether oxygens (including phenoxy) is 1. The van der Waals surface area contributed by atoms with Crippen molar-refractivity contribution in [1.29, 1.82) is 0 Å². The maximum atomic E-state index is 5.92. The lowest BCUT2D eigenvalue weighted by molar-refractivity contribution is 0.309. The normalized spacial score (nSPS) is 16.3. The Labute approximate surface area is 225 Å². The molecule has 2 aliphatic rings. The van der Waals surface area contributed by atoms with Crippen LogP contribution in [0.4, 0.5) is 11.8 Å². The Morgan fingerprint density at radius 2 is 1.63 bits per heavy atom. The van der Waals surface area contributed by atoms with Crippen molar-refractivity contribution in [3.63, 3.8) is 0 Å². The van der Waals surface area contributed by atoms with E-state index in [0.29, 0.717) is 18.0 Å². The lowest BCUT2D eigenvalue weighted by atomic mass is 10.0. The number of aromatic nitrogens is 4. The first-order valence-corrected chi connectivity index (χ1v) is 14.4. The molecule has 0 aliphatic heterocycles. The van der Waals surface area contributed by atoms with Crippen LogP contribution in [0.2, 0.25) is 0 Å². The number of rotatable bonds is 10. The minimum Gasteiger partial charge on any atom is -0.494 e. The van der Waals surface area contributed by atoms with Crippen LogP contribution in [0.3, 0.4) is 0 Å². The molecule has 2 fully saturated rings. The number of unbranched alkanes of at least 4 members (excludes halogenated alkanes) is 1. The summed E-state index contributed by atoms with van der Waals surface area (Å²) in [6.07, 6.45) is 13.9. The molecule has 0 bridgehead atoms. The number of benzene rings is 1. The van der Waals surface area contributed by atoms with Crippen LogP contribution in [-0.2, 0) is 0 Å². The lowest BCUT2D eigenvalue weighted by Crippen LogP contribution is -2.17. The summed E-state index contributed by atoms with van der Waals surface area (Å²) in [6.45, 7) is 2.92. The summed E-state index contributed by atoms with van der Waals surface area (Å²) in [5.74, 6) is 2.61.